The molecule has 4 nitrogen and oxygen atoms in total. The largest absolute Gasteiger partial charge is 0.343 e. The topological polar surface area (TPSA) is 49.4 Å². The number of piperazine rings is 1. The Bertz CT molecular complexity index is 482. The first-order valence-electron chi connectivity index (χ1n) is 6.20. The standard InChI is InChI=1S/C14H18N2O2/c1-9(2)11-6-4-5-7-12(11)16-8-13(17)15-10(3)14(16)18/h4-7,9-10H,8H2,1-3H3,(H,15,17). The van der Waals surface area contributed by atoms with Crippen LogP contribution >= 0.6 is 0 Å². The molecule has 0 aliphatic carbocycles. The van der Waals surface area contributed by atoms with E-state index >= 15 is 0 Å². The van der Waals surface area contributed by atoms with Crippen LogP contribution in [0.4, 0.5) is 5.69 Å². The smallest absolute Gasteiger partial charge is 0.249 e. The number of anilines is 1. The summed E-state index contributed by atoms with van der Waals surface area (Å²) in [6, 6.07) is 7.30. The minimum Gasteiger partial charge on any atom is -0.343 e. The number of rotatable bonds is 2. The molecule has 1 unspecified atom stereocenters. The molecule has 1 aliphatic heterocycles. The number of hydrogen-bond acceptors (Lipinski definition) is 2. The SMILES string of the molecule is CC1NC(=O)CN(c2ccccc2C(C)C)C1=O. The Kier molecular flexibility index (Phi) is 3.36. The Morgan fingerprint density at radius 3 is 2.61 bits per heavy atom. The second-order valence-corrected chi connectivity index (χ2v) is 4.93. The lowest BCUT2D eigenvalue weighted by atomic mass is 9.99. The zero-order valence-corrected chi connectivity index (χ0v) is 10.9. The molecule has 1 aromatic carbocycles. The van der Waals surface area contributed by atoms with Crippen LogP contribution in [0, 0.1) is 0 Å². The van der Waals surface area contributed by atoms with Gasteiger partial charge in [0.1, 0.15) is 12.6 Å². The molecule has 0 aromatic heterocycles. The van der Waals surface area contributed by atoms with Crippen molar-refractivity contribution in [1.29, 1.82) is 0 Å². The van der Waals surface area contributed by atoms with Gasteiger partial charge in [-0.25, -0.2) is 0 Å². The minimum atomic E-state index is -0.452. The van der Waals surface area contributed by atoms with Crippen LogP contribution in [0.3, 0.4) is 0 Å². The third-order valence-electron chi connectivity index (χ3n) is 3.17. The number of carbonyl (C=O) groups is 2. The maximum Gasteiger partial charge on any atom is 0.249 e. The molecule has 0 radical (unpaired) electrons. The third-order valence-corrected chi connectivity index (χ3v) is 3.17. The van der Waals surface area contributed by atoms with Crippen LogP contribution in [-0.2, 0) is 9.59 Å². The first kappa shape index (κ1) is 12.6. The van der Waals surface area contributed by atoms with Gasteiger partial charge in [0, 0.05) is 5.69 Å². The summed E-state index contributed by atoms with van der Waals surface area (Å²) in [6.07, 6.45) is 0. The molecule has 1 fully saturated rings. The molecule has 0 bridgehead atoms. The van der Waals surface area contributed by atoms with E-state index in [0.717, 1.165) is 11.3 Å². The molecule has 1 atom stereocenters. The molecule has 1 aromatic rings. The van der Waals surface area contributed by atoms with Gasteiger partial charge in [0.25, 0.3) is 0 Å². The van der Waals surface area contributed by atoms with Gasteiger partial charge in [0.05, 0.1) is 0 Å². The number of hydrogen-bond donors (Lipinski definition) is 1. The summed E-state index contributed by atoms with van der Waals surface area (Å²) in [6.45, 7) is 5.98. The Balaban J connectivity index is 2.41. The normalized spacial score (nSPS) is 20.2. The average Bonchev–Trinajstić information content (AvgIpc) is 2.33. The molecule has 1 N–H and O–H groups in total. The summed E-state index contributed by atoms with van der Waals surface area (Å²) < 4.78 is 0. The maximum absolute atomic E-state index is 12.2. The molecule has 0 saturated carbocycles. The third kappa shape index (κ3) is 2.23. The molecule has 1 aliphatic rings. The van der Waals surface area contributed by atoms with E-state index < -0.39 is 6.04 Å². The number of carbonyl (C=O) groups excluding carboxylic acids is 2. The summed E-state index contributed by atoms with van der Waals surface area (Å²) in [5, 5.41) is 2.65. The summed E-state index contributed by atoms with van der Waals surface area (Å²) in [7, 11) is 0. The lowest BCUT2D eigenvalue weighted by Crippen LogP contribution is -2.57. The quantitative estimate of drug-likeness (QED) is 0.862. The molecule has 18 heavy (non-hydrogen) atoms. The highest BCUT2D eigenvalue weighted by Crippen LogP contribution is 2.28. The Labute approximate surface area is 107 Å². The van der Waals surface area contributed by atoms with Crippen LogP contribution in [0.25, 0.3) is 0 Å². The first-order chi connectivity index (χ1) is 8.50. The fourth-order valence-corrected chi connectivity index (χ4v) is 2.23. The molecule has 2 amide bonds. The van der Waals surface area contributed by atoms with E-state index in [1.54, 1.807) is 11.8 Å². The van der Waals surface area contributed by atoms with Crippen molar-refractivity contribution in [2.75, 3.05) is 11.4 Å². The van der Waals surface area contributed by atoms with Crippen molar-refractivity contribution in [3.05, 3.63) is 29.8 Å². The van der Waals surface area contributed by atoms with E-state index in [0.29, 0.717) is 5.92 Å². The average molecular weight is 246 g/mol. The summed E-state index contributed by atoms with van der Waals surface area (Å²) in [4.78, 5) is 25.3. The second-order valence-electron chi connectivity index (χ2n) is 4.93. The van der Waals surface area contributed by atoms with E-state index in [1.807, 2.05) is 24.3 Å². The van der Waals surface area contributed by atoms with Crippen molar-refractivity contribution in [1.82, 2.24) is 5.32 Å². The Morgan fingerprint density at radius 2 is 1.94 bits per heavy atom. The maximum atomic E-state index is 12.2. The highest BCUT2D eigenvalue weighted by molar-refractivity contribution is 6.06. The number of amides is 2. The lowest BCUT2D eigenvalue weighted by Gasteiger charge is -2.32. The lowest BCUT2D eigenvalue weighted by molar-refractivity contribution is -0.130. The van der Waals surface area contributed by atoms with Crippen LogP contribution in [0.1, 0.15) is 32.3 Å². The molecule has 4 heteroatoms. The predicted molar refractivity (Wildman–Crippen MR) is 70.5 cm³/mol. The molecular formula is C14H18N2O2. The second kappa shape index (κ2) is 4.80. The minimum absolute atomic E-state index is 0.0531. The number of para-hydroxylation sites is 1. The van der Waals surface area contributed by atoms with Crippen LogP contribution in [0.5, 0.6) is 0 Å². The Morgan fingerprint density at radius 1 is 1.28 bits per heavy atom. The van der Waals surface area contributed by atoms with Crippen LogP contribution in [-0.4, -0.2) is 24.4 Å². The van der Waals surface area contributed by atoms with Crippen molar-refractivity contribution >= 4 is 17.5 Å². The molecule has 2 rings (SSSR count). The van der Waals surface area contributed by atoms with Gasteiger partial charge >= 0.3 is 0 Å². The molecule has 0 spiro atoms. The highest BCUT2D eigenvalue weighted by Gasteiger charge is 2.31. The van der Waals surface area contributed by atoms with Gasteiger partial charge in [-0.2, -0.15) is 0 Å². The van der Waals surface area contributed by atoms with Gasteiger partial charge in [-0.1, -0.05) is 32.0 Å². The molecular weight excluding hydrogens is 228 g/mol. The Hall–Kier alpha value is -1.84. The molecule has 1 saturated heterocycles. The van der Waals surface area contributed by atoms with Crippen LogP contribution < -0.4 is 10.2 Å². The zero-order valence-electron chi connectivity index (χ0n) is 10.9. The van der Waals surface area contributed by atoms with Crippen molar-refractivity contribution in [3.8, 4) is 0 Å². The van der Waals surface area contributed by atoms with Crippen molar-refractivity contribution in [2.45, 2.75) is 32.7 Å². The molecule has 1 heterocycles. The fraction of sp³-hybridized carbons (Fsp3) is 0.429. The van der Waals surface area contributed by atoms with E-state index in [-0.39, 0.29) is 18.4 Å². The van der Waals surface area contributed by atoms with Crippen LogP contribution in [0.2, 0.25) is 0 Å². The van der Waals surface area contributed by atoms with Gasteiger partial charge in [-0.05, 0) is 24.5 Å². The van der Waals surface area contributed by atoms with E-state index in [1.165, 1.54) is 0 Å². The fourth-order valence-electron chi connectivity index (χ4n) is 2.23. The number of benzene rings is 1. The summed E-state index contributed by atoms with van der Waals surface area (Å²) >= 11 is 0. The molecule has 96 valence electrons. The monoisotopic (exact) mass is 246 g/mol. The summed E-state index contributed by atoms with van der Waals surface area (Å²) in [5.41, 5.74) is 1.94. The van der Waals surface area contributed by atoms with Crippen molar-refractivity contribution < 1.29 is 9.59 Å². The first-order valence-corrected chi connectivity index (χ1v) is 6.20. The number of nitrogens with zero attached hydrogens (tertiary/aromatic N) is 1. The number of nitrogens with one attached hydrogen (secondary N) is 1. The van der Waals surface area contributed by atoms with Crippen LogP contribution in [0.15, 0.2) is 24.3 Å². The van der Waals surface area contributed by atoms with Gasteiger partial charge in [0.15, 0.2) is 0 Å². The van der Waals surface area contributed by atoms with Gasteiger partial charge < -0.3 is 10.2 Å². The van der Waals surface area contributed by atoms with E-state index in [2.05, 4.69) is 19.2 Å². The van der Waals surface area contributed by atoms with Crippen molar-refractivity contribution in [2.24, 2.45) is 0 Å². The zero-order chi connectivity index (χ0) is 13.3. The van der Waals surface area contributed by atoms with E-state index in [4.69, 9.17) is 0 Å². The van der Waals surface area contributed by atoms with E-state index in [9.17, 15) is 9.59 Å². The van der Waals surface area contributed by atoms with Gasteiger partial charge in [-0.3, -0.25) is 9.59 Å². The summed E-state index contributed by atoms with van der Waals surface area (Å²) in [5.74, 6) is 0.151. The van der Waals surface area contributed by atoms with Crippen molar-refractivity contribution in [3.63, 3.8) is 0 Å². The van der Waals surface area contributed by atoms with Gasteiger partial charge in [-0.15, -0.1) is 0 Å². The van der Waals surface area contributed by atoms with Gasteiger partial charge in [0.2, 0.25) is 11.8 Å². The highest BCUT2D eigenvalue weighted by atomic mass is 16.2. The predicted octanol–water partition coefficient (Wildman–Crippen LogP) is 1.66.